The maximum Gasteiger partial charge on any atom is 0.262 e. The molecule has 3 rings (SSSR count). The van der Waals surface area contributed by atoms with Gasteiger partial charge >= 0.3 is 0 Å². The van der Waals surface area contributed by atoms with Crippen LogP contribution in [0.5, 0.6) is 5.75 Å². The van der Waals surface area contributed by atoms with Crippen LogP contribution in [0.15, 0.2) is 89.1 Å². The minimum absolute atomic E-state index is 0.0431. The second kappa shape index (κ2) is 8.58. The van der Waals surface area contributed by atoms with Crippen molar-refractivity contribution >= 4 is 23.0 Å². The average Bonchev–Trinajstić information content (AvgIpc) is 2.68. The van der Waals surface area contributed by atoms with E-state index in [0.29, 0.717) is 17.1 Å². The van der Waals surface area contributed by atoms with Crippen LogP contribution in [0.3, 0.4) is 0 Å². The lowest BCUT2D eigenvalue weighted by atomic mass is 10.2. The summed E-state index contributed by atoms with van der Waals surface area (Å²) < 4.78 is 5.46. The standard InChI is InChI=1S/C21H19N3O2/c1-16-7-13-20(14-8-16)26-15-21(25)22-17-9-11-19(12-10-17)24-23-18-5-3-2-4-6-18/h2-14H,15H2,1H3,(H,22,25). The Hall–Kier alpha value is -3.47. The summed E-state index contributed by atoms with van der Waals surface area (Å²) >= 11 is 0. The van der Waals surface area contributed by atoms with Gasteiger partial charge < -0.3 is 10.1 Å². The van der Waals surface area contributed by atoms with Crippen LogP contribution in [0.4, 0.5) is 17.1 Å². The Morgan fingerprint density at radius 2 is 1.46 bits per heavy atom. The number of ether oxygens (including phenoxy) is 1. The van der Waals surface area contributed by atoms with Crippen LogP contribution in [0.1, 0.15) is 5.56 Å². The highest BCUT2D eigenvalue weighted by Gasteiger charge is 2.04. The number of hydrogen-bond donors (Lipinski definition) is 1. The lowest BCUT2D eigenvalue weighted by Crippen LogP contribution is -2.20. The van der Waals surface area contributed by atoms with Crippen molar-refractivity contribution in [2.45, 2.75) is 6.92 Å². The molecule has 3 aromatic rings. The Morgan fingerprint density at radius 3 is 2.12 bits per heavy atom. The van der Waals surface area contributed by atoms with Crippen molar-refractivity contribution in [3.63, 3.8) is 0 Å². The van der Waals surface area contributed by atoms with Gasteiger partial charge in [-0.1, -0.05) is 35.9 Å². The summed E-state index contributed by atoms with van der Waals surface area (Å²) in [5.41, 5.74) is 3.33. The molecule has 5 heteroatoms. The van der Waals surface area contributed by atoms with E-state index < -0.39 is 0 Å². The van der Waals surface area contributed by atoms with E-state index in [1.165, 1.54) is 0 Å². The van der Waals surface area contributed by atoms with Crippen LogP contribution in [0, 0.1) is 6.92 Å². The third kappa shape index (κ3) is 5.27. The summed E-state index contributed by atoms with van der Waals surface area (Å²) in [5.74, 6) is 0.451. The summed E-state index contributed by atoms with van der Waals surface area (Å²) in [6.45, 7) is 1.96. The van der Waals surface area contributed by atoms with Crippen molar-refractivity contribution in [1.29, 1.82) is 0 Å². The third-order valence-corrected chi connectivity index (χ3v) is 3.58. The molecule has 3 aromatic carbocycles. The Labute approximate surface area is 152 Å². The molecule has 0 bridgehead atoms. The summed E-state index contributed by atoms with van der Waals surface area (Å²) in [7, 11) is 0. The quantitative estimate of drug-likeness (QED) is 0.606. The molecular formula is C21H19N3O2. The van der Waals surface area contributed by atoms with Crippen LogP contribution in [0.25, 0.3) is 0 Å². The van der Waals surface area contributed by atoms with Crippen LogP contribution in [0.2, 0.25) is 0 Å². The normalized spacial score (nSPS) is 10.7. The van der Waals surface area contributed by atoms with Crippen molar-refractivity contribution in [3.8, 4) is 5.75 Å². The van der Waals surface area contributed by atoms with E-state index in [1.54, 1.807) is 24.3 Å². The molecule has 0 fully saturated rings. The smallest absolute Gasteiger partial charge is 0.262 e. The zero-order valence-electron chi connectivity index (χ0n) is 14.4. The van der Waals surface area contributed by atoms with Gasteiger partial charge in [-0.25, -0.2) is 0 Å². The van der Waals surface area contributed by atoms with Crippen LogP contribution >= 0.6 is 0 Å². The molecule has 26 heavy (non-hydrogen) atoms. The first-order valence-electron chi connectivity index (χ1n) is 8.25. The largest absolute Gasteiger partial charge is 0.484 e. The zero-order valence-corrected chi connectivity index (χ0v) is 14.4. The molecule has 0 unspecified atom stereocenters. The zero-order chi connectivity index (χ0) is 18.2. The fourth-order valence-corrected chi connectivity index (χ4v) is 2.20. The molecule has 1 N–H and O–H groups in total. The molecule has 0 atom stereocenters. The first-order chi connectivity index (χ1) is 12.7. The Balaban J connectivity index is 1.51. The molecular weight excluding hydrogens is 326 g/mol. The number of anilines is 1. The highest BCUT2D eigenvalue weighted by molar-refractivity contribution is 5.92. The number of nitrogens with zero attached hydrogens (tertiary/aromatic N) is 2. The Morgan fingerprint density at radius 1 is 0.846 bits per heavy atom. The number of hydrogen-bond acceptors (Lipinski definition) is 4. The van der Waals surface area contributed by atoms with Gasteiger partial charge in [0.1, 0.15) is 5.75 Å². The molecule has 5 nitrogen and oxygen atoms in total. The number of rotatable bonds is 6. The molecule has 130 valence electrons. The molecule has 1 amide bonds. The second-order valence-corrected chi connectivity index (χ2v) is 5.73. The van der Waals surface area contributed by atoms with Crippen molar-refractivity contribution in [2.75, 3.05) is 11.9 Å². The highest BCUT2D eigenvalue weighted by Crippen LogP contribution is 2.20. The average molecular weight is 345 g/mol. The minimum atomic E-state index is -0.218. The van der Waals surface area contributed by atoms with Crippen molar-refractivity contribution < 1.29 is 9.53 Å². The van der Waals surface area contributed by atoms with Gasteiger partial charge in [0.15, 0.2) is 6.61 Å². The van der Waals surface area contributed by atoms with Gasteiger partial charge in [-0.05, 0) is 55.5 Å². The Kier molecular flexibility index (Phi) is 5.72. The topological polar surface area (TPSA) is 63.0 Å². The number of benzene rings is 3. The first-order valence-corrected chi connectivity index (χ1v) is 8.25. The van der Waals surface area contributed by atoms with Crippen molar-refractivity contribution in [1.82, 2.24) is 0 Å². The number of carbonyl (C=O) groups excluding carboxylic acids is 1. The minimum Gasteiger partial charge on any atom is -0.484 e. The van der Waals surface area contributed by atoms with Gasteiger partial charge in [0, 0.05) is 5.69 Å². The van der Waals surface area contributed by atoms with Gasteiger partial charge in [0.2, 0.25) is 0 Å². The van der Waals surface area contributed by atoms with E-state index >= 15 is 0 Å². The molecule has 0 aliphatic carbocycles. The molecule has 0 heterocycles. The summed E-state index contributed by atoms with van der Waals surface area (Å²) in [6, 6.07) is 24.2. The highest BCUT2D eigenvalue weighted by atomic mass is 16.5. The van der Waals surface area contributed by atoms with Gasteiger partial charge in [-0.2, -0.15) is 10.2 Å². The second-order valence-electron chi connectivity index (χ2n) is 5.73. The van der Waals surface area contributed by atoms with E-state index in [4.69, 9.17) is 4.74 Å². The predicted molar refractivity (Wildman–Crippen MR) is 102 cm³/mol. The number of nitrogens with one attached hydrogen (secondary N) is 1. The summed E-state index contributed by atoms with van der Waals surface area (Å²) in [6.07, 6.45) is 0. The maximum atomic E-state index is 12.0. The number of azo groups is 1. The van der Waals surface area contributed by atoms with Crippen molar-refractivity contribution in [2.24, 2.45) is 10.2 Å². The van der Waals surface area contributed by atoms with Gasteiger partial charge in [-0.15, -0.1) is 0 Å². The summed E-state index contributed by atoms with van der Waals surface area (Å²) in [5, 5.41) is 11.1. The molecule has 0 aromatic heterocycles. The molecule has 0 aliphatic rings. The van der Waals surface area contributed by atoms with Crippen LogP contribution in [-0.4, -0.2) is 12.5 Å². The number of amides is 1. The van der Waals surface area contributed by atoms with E-state index in [-0.39, 0.29) is 12.5 Å². The van der Waals surface area contributed by atoms with E-state index in [0.717, 1.165) is 11.3 Å². The van der Waals surface area contributed by atoms with E-state index in [1.807, 2.05) is 61.5 Å². The van der Waals surface area contributed by atoms with Crippen molar-refractivity contribution in [3.05, 3.63) is 84.4 Å². The monoisotopic (exact) mass is 345 g/mol. The van der Waals surface area contributed by atoms with Crippen LogP contribution in [-0.2, 0) is 4.79 Å². The van der Waals surface area contributed by atoms with E-state index in [2.05, 4.69) is 15.5 Å². The molecule has 0 saturated heterocycles. The Bertz CT molecular complexity index is 873. The number of carbonyl (C=O) groups is 1. The maximum absolute atomic E-state index is 12.0. The van der Waals surface area contributed by atoms with E-state index in [9.17, 15) is 4.79 Å². The lowest BCUT2D eigenvalue weighted by Gasteiger charge is -2.08. The lowest BCUT2D eigenvalue weighted by molar-refractivity contribution is -0.118. The van der Waals surface area contributed by atoms with Crippen LogP contribution < -0.4 is 10.1 Å². The third-order valence-electron chi connectivity index (χ3n) is 3.58. The predicted octanol–water partition coefficient (Wildman–Crippen LogP) is 5.43. The summed E-state index contributed by atoms with van der Waals surface area (Å²) in [4.78, 5) is 12.0. The fourth-order valence-electron chi connectivity index (χ4n) is 2.20. The molecule has 0 spiro atoms. The van der Waals surface area contributed by atoms with Gasteiger partial charge in [0.25, 0.3) is 5.91 Å². The number of aryl methyl sites for hydroxylation is 1. The molecule has 0 saturated carbocycles. The molecule has 0 aliphatic heterocycles. The molecule has 0 radical (unpaired) electrons. The van der Waals surface area contributed by atoms with Gasteiger partial charge in [0.05, 0.1) is 11.4 Å². The first kappa shape index (κ1) is 17.4. The van der Waals surface area contributed by atoms with Gasteiger partial charge in [-0.3, -0.25) is 4.79 Å². The fraction of sp³-hybridized carbons (Fsp3) is 0.0952. The SMILES string of the molecule is Cc1ccc(OCC(=O)Nc2ccc(N=Nc3ccccc3)cc2)cc1.